The van der Waals surface area contributed by atoms with Crippen LogP contribution >= 0.6 is 11.8 Å². The first-order chi connectivity index (χ1) is 8.24. The zero-order chi connectivity index (χ0) is 11.8. The van der Waals surface area contributed by atoms with Crippen molar-refractivity contribution in [3.8, 4) is 11.5 Å². The molecule has 0 aliphatic carbocycles. The summed E-state index contributed by atoms with van der Waals surface area (Å²) in [5, 5.41) is 1.84. The summed E-state index contributed by atoms with van der Waals surface area (Å²) >= 11 is 0.879. The molecule has 6 heteroatoms. The van der Waals surface area contributed by atoms with Crippen LogP contribution < -0.4 is 14.8 Å². The molecule has 5 nitrogen and oxygen atoms in total. The summed E-state index contributed by atoms with van der Waals surface area (Å²) in [4.78, 5) is 22.8. The number of amides is 2. The molecule has 1 aromatic carbocycles. The molecule has 2 aliphatic rings. The van der Waals surface area contributed by atoms with Crippen LogP contribution in [0.1, 0.15) is 5.56 Å². The Kier molecular flexibility index (Phi) is 2.29. The van der Waals surface area contributed by atoms with Crippen molar-refractivity contribution in [3.05, 3.63) is 28.7 Å². The second-order valence-electron chi connectivity index (χ2n) is 3.43. The number of carbonyl (C=O) groups excluding carboxylic acids is 2. The van der Waals surface area contributed by atoms with Gasteiger partial charge in [0.1, 0.15) is 0 Å². The molecule has 0 aromatic heterocycles. The summed E-state index contributed by atoms with van der Waals surface area (Å²) in [6.45, 7) is 0.174. The number of imide groups is 1. The van der Waals surface area contributed by atoms with Crippen molar-refractivity contribution in [2.24, 2.45) is 0 Å². The number of benzene rings is 1. The van der Waals surface area contributed by atoms with E-state index in [0.717, 1.165) is 17.3 Å². The van der Waals surface area contributed by atoms with Crippen molar-refractivity contribution in [2.45, 2.75) is 0 Å². The van der Waals surface area contributed by atoms with E-state index in [2.05, 4.69) is 5.32 Å². The first kappa shape index (κ1) is 10.2. The third-order valence-electron chi connectivity index (χ3n) is 2.36. The SMILES string of the molecule is O=C1NC(=O)/C(=C/c2cccc3c2OCO3)S1. The van der Waals surface area contributed by atoms with E-state index in [1.165, 1.54) is 0 Å². The molecule has 86 valence electrons. The maximum Gasteiger partial charge on any atom is 0.290 e. The van der Waals surface area contributed by atoms with E-state index in [9.17, 15) is 9.59 Å². The van der Waals surface area contributed by atoms with E-state index >= 15 is 0 Å². The van der Waals surface area contributed by atoms with E-state index in [-0.39, 0.29) is 17.9 Å². The molecule has 0 saturated carbocycles. The van der Waals surface area contributed by atoms with Crippen LogP contribution in [0.3, 0.4) is 0 Å². The molecule has 3 rings (SSSR count). The predicted molar refractivity (Wildman–Crippen MR) is 61.7 cm³/mol. The number of rotatable bonds is 1. The Morgan fingerprint density at radius 1 is 1.29 bits per heavy atom. The second-order valence-corrected chi connectivity index (χ2v) is 4.45. The molecule has 1 N–H and O–H groups in total. The van der Waals surface area contributed by atoms with Gasteiger partial charge in [-0.3, -0.25) is 14.9 Å². The Bertz CT molecular complexity index is 552. The van der Waals surface area contributed by atoms with Crippen molar-refractivity contribution in [2.75, 3.05) is 6.79 Å². The van der Waals surface area contributed by atoms with Gasteiger partial charge in [-0.2, -0.15) is 0 Å². The molecular formula is C11H7NO4S. The molecule has 0 atom stereocenters. The van der Waals surface area contributed by atoms with Crippen molar-refractivity contribution in [1.82, 2.24) is 5.32 Å². The van der Waals surface area contributed by atoms with E-state index < -0.39 is 0 Å². The van der Waals surface area contributed by atoms with E-state index in [4.69, 9.17) is 9.47 Å². The van der Waals surface area contributed by atoms with Crippen molar-refractivity contribution < 1.29 is 19.1 Å². The fraction of sp³-hybridized carbons (Fsp3) is 0.0909. The lowest BCUT2D eigenvalue weighted by Gasteiger charge is -2.00. The monoisotopic (exact) mass is 249 g/mol. The number of fused-ring (bicyclic) bond motifs is 1. The van der Waals surface area contributed by atoms with Crippen LogP contribution in [-0.2, 0) is 4.79 Å². The van der Waals surface area contributed by atoms with Gasteiger partial charge in [0.2, 0.25) is 6.79 Å². The summed E-state index contributed by atoms with van der Waals surface area (Å²) in [5.41, 5.74) is 0.729. The maximum atomic E-state index is 11.4. The molecule has 0 unspecified atom stereocenters. The zero-order valence-corrected chi connectivity index (χ0v) is 9.37. The fourth-order valence-electron chi connectivity index (χ4n) is 1.63. The van der Waals surface area contributed by atoms with E-state index in [0.29, 0.717) is 16.4 Å². The summed E-state index contributed by atoms with van der Waals surface area (Å²) in [6, 6.07) is 5.40. The van der Waals surface area contributed by atoms with E-state index in [1.54, 1.807) is 24.3 Å². The average Bonchev–Trinajstić information content (AvgIpc) is 2.87. The summed E-state index contributed by atoms with van der Waals surface area (Å²) in [5.74, 6) is 0.873. The fourth-order valence-corrected chi connectivity index (χ4v) is 2.30. The minimum absolute atomic E-state index is 0.174. The number of hydrogen-bond acceptors (Lipinski definition) is 5. The number of thioether (sulfide) groups is 1. The number of hydrogen-bond donors (Lipinski definition) is 1. The first-order valence-electron chi connectivity index (χ1n) is 4.87. The number of carbonyl (C=O) groups is 2. The van der Waals surface area contributed by atoms with Gasteiger partial charge in [0, 0.05) is 5.56 Å². The second kappa shape index (κ2) is 3.81. The van der Waals surface area contributed by atoms with E-state index in [1.807, 2.05) is 0 Å². The van der Waals surface area contributed by atoms with Gasteiger partial charge in [0.05, 0.1) is 4.91 Å². The highest BCUT2D eigenvalue weighted by Crippen LogP contribution is 2.37. The largest absolute Gasteiger partial charge is 0.454 e. The third kappa shape index (κ3) is 1.76. The lowest BCUT2D eigenvalue weighted by atomic mass is 10.1. The Balaban J connectivity index is 2.01. The Morgan fingerprint density at radius 3 is 2.94 bits per heavy atom. The molecular weight excluding hydrogens is 242 g/mol. The van der Waals surface area contributed by atoms with Gasteiger partial charge < -0.3 is 9.47 Å². The number of nitrogens with one attached hydrogen (secondary N) is 1. The normalized spacial score (nSPS) is 19.9. The van der Waals surface area contributed by atoms with Crippen LogP contribution in [0.2, 0.25) is 0 Å². The lowest BCUT2D eigenvalue weighted by Crippen LogP contribution is -2.17. The van der Waals surface area contributed by atoms with Crippen molar-refractivity contribution in [1.29, 1.82) is 0 Å². The number of ether oxygens (including phenoxy) is 2. The standard InChI is InChI=1S/C11H7NO4S/c13-10-8(17-11(14)12-10)4-6-2-1-3-7-9(6)16-5-15-7/h1-4H,5H2,(H,12,13,14)/b8-4-. The predicted octanol–water partition coefficient (Wildman–Crippen LogP) is 1.74. The van der Waals surface area contributed by atoms with Crippen LogP contribution in [0.5, 0.6) is 11.5 Å². The van der Waals surface area contributed by atoms with Crippen LogP contribution in [-0.4, -0.2) is 17.9 Å². The number of para-hydroxylation sites is 1. The molecule has 1 saturated heterocycles. The van der Waals surface area contributed by atoms with Gasteiger partial charge >= 0.3 is 0 Å². The van der Waals surface area contributed by atoms with Gasteiger partial charge in [-0.05, 0) is 23.9 Å². The molecule has 17 heavy (non-hydrogen) atoms. The summed E-state index contributed by atoms with van der Waals surface area (Å²) < 4.78 is 10.5. The van der Waals surface area contributed by atoms with Crippen LogP contribution in [0.25, 0.3) is 6.08 Å². The van der Waals surface area contributed by atoms with Gasteiger partial charge in [0.25, 0.3) is 11.1 Å². The smallest absolute Gasteiger partial charge is 0.290 e. The van der Waals surface area contributed by atoms with Gasteiger partial charge in [0.15, 0.2) is 11.5 Å². The molecule has 2 heterocycles. The minimum Gasteiger partial charge on any atom is -0.454 e. The highest BCUT2D eigenvalue weighted by molar-refractivity contribution is 8.18. The van der Waals surface area contributed by atoms with Gasteiger partial charge in [-0.1, -0.05) is 12.1 Å². The Morgan fingerprint density at radius 2 is 2.18 bits per heavy atom. The third-order valence-corrected chi connectivity index (χ3v) is 3.17. The summed E-state index contributed by atoms with van der Waals surface area (Å²) in [7, 11) is 0. The molecule has 1 aromatic rings. The average molecular weight is 249 g/mol. The Labute approximate surface area is 101 Å². The highest BCUT2D eigenvalue weighted by atomic mass is 32.2. The molecule has 0 radical (unpaired) electrons. The molecule has 2 aliphatic heterocycles. The Hall–Kier alpha value is -1.95. The van der Waals surface area contributed by atoms with Crippen LogP contribution in [0.4, 0.5) is 4.79 Å². The highest BCUT2D eigenvalue weighted by Gasteiger charge is 2.26. The molecule has 1 fully saturated rings. The quantitative estimate of drug-likeness (QED) is 0.768. The maximum absolute atomic E-state index is 11.4. The molecule has 0 bridgehead atoms. The van der Waals surface area contributed by atoms with Crippen LogP contribution in [0.15, 0.2) is 23.1 Å². The molecule has 2 amide bonds. The first-order valence-corrected chi connectivity index (χ1v) is 5.69. The summed E-state index contributed by atoms with van der Waals surface area (Å²) in [6.07, 6.45) is 1.62. The zero-order valence-electron chi connectivity index (χ0n) is 8.56. The minimum atomic E-state index is -0.378. The van der Waals surface area contributed by atoms with Crippen molar-refractivity contribution in [3.63, 3.8) is 0 Å². The molecule has 0 spiro atoms. The van der Waals surface area contributed by atoms with Crippen molar-refractivity contribution >= 4 is 29.0 Å². The topological polar surface area (TPSA) is 64.6 Å². The van der Waals surface area contributed by atoms with Gasteiger partial charge in [-0.15, -0.1) is 0 Å². The van der Waals surface area contributed by atoms with Gasteiger partial charge in [-0.25, -0.2) is 0 Å². The lowest BCUT2D eigenvalue weighted by molar-refractivity contribution is -0.115. The van der Waals surface area contributed by atoms with Crippen LogP contribution in [0, 0.1) is 0 Å².